The number of rotatable bonds is 5. The summed E-state index contributed by atoms with van der Waals surface area (Å²) in [5, 5.41) is 2.79. The predicted octanol–water partition coefficient (Wildman–Crippen LogP) is 2.11. The van der Waals surface area contributed by atoms with Gasteiger partial charge in [-0.15, -0.1) is 0 Å². The summed E-state index contributed by atoms with van der Waals surface area (Å²) < 4.78 is 7.16. The van der Waals surface area contributed by atoms with Gasteiger partial charge in [0.15, 0.2) is 0 Å². The highest BCUT2D eigenvalue weighted by atomic mass is 16.3. The standard InChI is InChI=1S/C17H22N4O3/c1-3-5-15(22)21-8-7-20-11-14(19-16(20)12(21)2)17(23)18-10-13-6-4-9-24-13/h4,6,9,11-12H,3,5,7-8,10H2,1-2H3,(H,18,23)/t12-/m0/s1. The molecule has 7 nitrogen and oxygen atoms in total. The molecule has 1 aliphatic heterocycles. The fourth-order valence-electron chi connectivity index (χ4n) is 2.97. The van der Waals surface area contributed by atoms with E-state index >= 15 is 0 Å². The van der Waals surface area contributed by atoms with Gasteiger partial charge in [-0.25, -0.2) is 4.98 Å². The number of hydrogen-bond acceptors (Lipinski definition) is 4. The molecule has 3 rings (SSSR count). The molecule has 1 aliphatic rings. The maximum absolute atomic E-state index is 12.3. The van der Waals surface area contributed by atoms with Crippen molar-refractivity contribution >= 4 is 11.8 Å². The fourth-order valence-corrected chi connectivity index (χ4v) is 2.97. The Morgan fingerprint density at radius 2 is 2.25 bits per heavy atom. The van der Waals surface area contributed by atoms with Crippen molar-refractivity contribution in [2.24, 2.45) is 0 Å². The Morgan fingerprint density at radius 3 is 2.96 bits per heavy atom. The minimum atomic E-state index is -0.244. The zero-order chi connectivity index (χ0) is 17.1. The Balaban J connectivity index is 1.69. The van der Waals surface area contributed by atoms with Crippen molar-refractivity contribution in [3.8, 4) is 0 Å². The number of hydrogen-bond donors (Lipinski definition) is 1. The van der Waals surface area contributed by atoms with Gasteiger partial charge in [-0.1, -0.05) is 6.92 Å². The molecule has 128 valence electrons. The lowest BCUT2D eigenvalue weighted by molar-refractivity contribution is -0.134. The van der Waals surface area contributed by atoms with E-state index < -0.39 is 0 Å². The summed E-state index contributed by atoms with van der Waals surface area (Å²) in [5.41, 5.74) is 0.369. The van der Waals surface area contributed by atoms with Crippen LogP contribution in [0.15, 0.2) is 29.0 Å². The van der Waals surface area contributed by atoms with Crippen molar-refractivity contribution in [2.75, 3.05) is 6.54 Å². The van der Waals surface area contributed by atoms with Gasteiger partial charge < -0.3 is 19.2 Å². The van der Waals surface area contributed by atoms with E-state index in [1.807, 2.05) is 23.3 Å². The number of carbonyl (C=O) groups excluding carboxylic acids is 2. The number of carbonyl (C=O) groups is 2. The molecule has 1 atom stereocenters. The number of amides is 2. The van der Waals surface area contributed by atoms with Crippen LogP contribution in [-0.4, -0.2) is 32.8 Å². The predicted molar refractivity (Wildman–Crippen MR) is 87.1 cm³/mol. The molecule has 2 aromatic heterocycles. The molecular weight excluding hydrogens is 308 g/mol. The van der Waals surface area contributed by atoms with Gasteiger partial charge in [0.2, 0.25) is 5.91 Å². The second kappa shape index (κ2) is 6.90. The van der Waals surface area contributed by atoms with Crippen LogP contribution in [0, 0.1) is 0 Å². The number of fused-ring (bicyclic) bond motifs is 1. The molecule has 2 amide bonds. The zero-order valence-electron chi connectivity index (χ0n) is 14.0. The summed E-state index contributed by atoms with van der Waals surface area (Å²) in [5.74, 6) is 1.35. The van der Waals surface area contributed by atoms with E-state index in [2.05, 4.69) is 10.3 Å². The molecule has 0 saturated heterocycles. The van der Waals surface area contributed by atoms with Crippen LogP contribution < -0.4 is 5.32 Å². The molecule has 7 heteroatoms. The first-order valence-electron chi connectivity index (χ1n) is 8.27. The fraction of sp³-hybridized carbons (Fsp3) is 0.471. The average Bonchev–Trinajstić information content (AvgIpc) is 3.23. The minimum Gasteiger partial charge on any atom is -0.467 e. The van der Waals surface area contributed by atoms with Crippen LogP contribution in [0.2, 0.25) is 0 Å². The smallest absolute Gasteiger partial charge is 0.271 e. The number of nitrogens with zero attached hydrogens (tertiary/aromatic N) is 3. The number of furan rings is 1. The first-order valence-corrected chi connectivity index (χ1v) is 8.27. The van der Waals surface area contributed by atoms with Crippen LogP contribution in [0.5, 0.6) is 0 Å². The summed E-state index contributed by atoms with van der Waals surface area (Å²) in [6.07, 6.45) is 4.70. The lowest BCUT2D eigenvalue weighted by Crippen LogP contribution is -2.40. The van der Waals surface area contributed by atoms with Crippen molar-refractivity contribution in [3.63, 3.8) is 0 Å². The second-order valence-electron chi connectivity index (χ2n) is 5.95. The third kappa shape index (κ3) is 3.20. The van der Waals surface area contributed by atoms with E-state index in [0.29, 0.717) is 37.5 Å². The summed E-state index contributed by atoms with van der Waals surface area (Å²) >= 11 is 0. The lowest BCUT2D eigenvalue weighted by atomic mass is 10.2. The average molecular weight is 330 g/mol. The van der Waals surface area contributed by atoms with Gasteiger partial charge in [0.25, 0.3) is 5.91 Å². The molecule has 0 fully saturated rings. The maximum Gasteiger partial charge on any atom is 0.271 e. The Labute approximate surface area is 140 Å². The first kappa shape index (κ1) is 16.3. The quantitative estimate of drug-likeness (QED) is 0.910. The van der Waals surface area contributed by atoms with Gasteiger partial charge in [0.1, 0.15) is 17.3 Å². The van der Waals surface area contributed by atoms with E-state index in [1.54, 1.807) is 24.6 Å². The van der Waals surface area contributed by atoms with Gasteiger partial charge in [0, 0.05) is 25.7 Å². The van der Waals surface area contributed by atoms with E-state index in [-0.39, 0.29) is 17.9 Å². The molecule has 1 N–H and O–H groups in total. The van der Waals surface area contributed by atoms with Crippen molar-refractivity contribution in [2.45, 2.75) is 45.8 Å². The van der Waals surface area contributed by atoms with Gasteiger partial charge in [-0.2, -0.15) is 0 Å². The molecule has 2 aromatic rings. The lowest BCUT2D eigenvalue weighted by Gasteiger charge is -2.33. The largest absolute Gasteiger partial charge is 0.467 e. The second-order valence-corrected chi connectivity index (χ2v) is 5.95. The maximum atomic E-state index is 12.3. The van der Waals surface area contributed by atoms with Gasteiger partial charge in [-0.3, -0.25) is 9.59 Å². The summed E-state index contributed by atoms with van der Waals surface area (Å²) in [4.78, 5) is 30.8. The Hall–Kier alpha value is -2.57. The molecule has 0 saturated carbocycles. The van der Waals surface area contributed by atoms with Crippen molar-refractivity contribution in [1.29, 1.82) is 0 Å². The van der Waals surface area contributed by atoms with Crippen LogP contribution in [0.3, 0.4) is 0 Å². The Morgan fingerprint density at radius 1 is 1.42 bits per heavy atom. The highest BCUT2D eigenvalue weighted by molar-refractivity contribution is 5.92. The van der Waals surface area contributed by atoms with Crippen LogP contribution in [-0.2, 0) is 17.9 Å². The monoisotopic (exact) mass is 330 g/mol. The van der Waals surface area contributed by atoms with Gasteiger partial charge >= 0.3 is 0 Å². The molecule has 0 bridgehead atoms. The van der Waals surface area contributed by atoms with E-state index in [0.717, 1.165) is 12.2 Å². The molecule has 0 spiro atoms. The van der Waals surface area contributed by atoms with Crippen LogP contribution in [0.1, 0.15) is 54.8 Å². The van der Waals surface area contributed by atoms with Gasteiger partial charge in [0.05, 0.1) is 18.8 Å². The van der Waals surface area contributed by atoms with Crippen molar-refractivity contribution in [3.05, 3.63) is 41.9 Å². The number of nitrogens with one attached hydrogen (secondary N) is 1. The highest BCUT2D eigenvalue weighted by Crippen LogP contribution is 2.25. The SMILES string of the molecule is CCCC(=O)N1CCn2cc(C(=O)NCc3ccco3)nc2[C@@H]1C. The van der Waals surface area contributed by atoms with E-state index in [4.69, 9.17) is 4.42 Å². The Kier molecular flexibility index (Phi) is 4.69. The van der Waals surface area contributed by atoms with Crippen LogP contribution >= 0.6 is 0 Å². The molecule has 24 heavy (non-hydrogen) atoms. The summed E-state index contributed by atoms with van der Waals surface area (Å²) in [7, 11) is 0. The van der Waals surface area contributed by atoms with Crippen molar-refractivity contribution in [1.82, 2.24) is 19.8 Å². The normalized spacial score (nSPS) is 16.8. The van der Waals surface area contributed by atoms with E-state index in [9.17, 15) is 9.59 Å². The topological polar surface area (TPSA) is 80.4 Å². The zero-order valence-corrected chi connectivity index (χ0v) is 14.0. The summed E-state index contributed by atoms with van der Waals surface area (Å²) in [6.45, 7) is 5.58. The number of aromatic nitrogens is 2. The molecule has 0 aromatic carbocycles. The third-order valence-electron chi connectivity index (χ3n) is 4.25. The molecule has 0 unspecified atom stereocenters. The minimum absolute atomic E-state index is 0.121. The molecule has 0 radical (unpaired) electrons. The van der Waals surface area contributed by atoms with E-state index in [1.165, 1.54) is 0 Å². The van der Waals surface area contributed by atoms with Gasteiger partial charge in [-0.05, 0) is 25.5 Å². The van der Waals surface area contributed by atoms with Crippen LogP contribution in [0.25, 0.3) is 0 Å². The van der Waals surface area contributed by atoms with Crippen molar-refractivity contribution < 1.29 is 14.0 Å². The van der Waals surface area contributed by atoms with Crippen LogP contribution in [0.4, 0.5) is 0 Å². The molecule has 3 heterocycles. The molecule has 0 aliphatic carbocycles. The molecular formula is C17H22N4O3. The number of imidazole rings is 1. The third-order valence-corrected chi connectivity index (χ3v) is 4.25. The summed E-state index contributed by atoms with van der Waals surface area (Å²) in [6, 6.07) is 3.46. The Bertz CT molecular complexity index is 720. The highest BCUT2D eigenvalue weighted by Gasteiger charge is 2.30. The first-order chi connectivity index (χ1) is 11.6.